The Labute approximate surface area is 90.5 Å². The summed E-state index contributed by atoms with van der Waals surface area (Å²) in [5.74, 6) is 0.458. The zero-order valence-electron chi connectivity index (χ0n) is 9.29. The highest BCUT2D eigenvalue weighted by atomic mass is 16.1. The monoisotopic (exact) mass is 203 g/mol. The van der Waals surface area contributed by atoms with Crippen molar-refractivity contribution < 1.29 is 4.79 Å². The van der Waals surface area contributed by atoms with Crippen molar-refractivity contribution in [2.24, 2.45) is 11.7 Å². The minimum Gasteiger partial charge on any atom is -0.319 e. The first-order chi connectivity index (χ1) is 7.01. The second-order valence-electron chi connectivity index (χ2n) is 4.76. The predicted molar refractivity (Wildman–Crippen MR) is 60.8 cm³/mol. The van der Waals surface area contributed by atoms with E-state index in [1.807, 2.05) is 38.1 Å². The summed E-state index contributed by atoms with van der Waals surface area (Å²) in [6.07, 6.45) is 2.18. The van der Waals surface area contributed by atoms with Gasteiger partial charge in [0.25, 0.3) is 0 Å². The maximum atomic E-state index is 12.2. The van der Waals surface area contributed by atoms with Gasteiger partial charge < -0.3 is 5.73 Å². The Hall–Kier alpha value is -1.15. The molecule has 2 heteroatoms. The van der Waals surface area contributed by atoms with E-state index in [1.165, 1.54) is 0 Å². The number of Topliss-reactive ketones (excluding diaryl/α,β-unsaturated/α-hetero) is 1. The van der Waals surface area contributed by atoms with E-state index in [-0.39, 0.29) is 5.78 Å². The fourth-order valence-corrected chi connectivity index (χ4v) is 1.97. The molecule has 2 rings (SSSR count). The second-order valence-corrected chi connectivity index (χ2v) is 4.76. The van der Waals surface area contributed by atoms with Crippen LogP contribution >= 0.6 is 0 Å². The van der Waals surface area contributed by atoms with Gasteiger partial charge in [0.2, 0.25) is 0 Å². The average Bonchev–Trinajstić information content (AvgIpc) is 2.99. The molecule has 0 spiro atoms. The quantitative estimate of drug-likeness (QED) is 0.766. The van der Waals surface area contributed by atoms with Gasteiger partial charge in [0.15, 0.2) is 5.78 Å². The molecule has 0 aliphatic heterocycles. The maximum absolute atomic E-state index is 12.2. The highest BCUT2D eigenvalue weighted by Gasteiger charge is 2.44. The van der Waals surface area contributed by atoms with E-state index in [2.05, 4.69) is 0 Å². The standard InChI is InChI=1S/C13H17NO/c1-9-4-3-5-10(8-9)12(15)13(2,14)11-6-7-11/h3-5,8,11H,6-7,14H2,1-2H3. The number of benzene rings is 1. The summed E-state index contributed by atoms with van der Waals surface area (Å²) < 4.78 is 0. The number of aryl methyl sites for hydroxylation is 1. The number of hydrogen-bond donors (Lipinski definition) is 1. The molecule has 0 heterocycles. The van der Waals surface area contributed by atoms with Crippen LogP contribution in [0.1, 0.15) is 35.7 Å². The van der Waals surface area contributed by atoms with E-state index in [0.29, 0.717) is 5.92 Å². The van der Waals surface area contributed by atoms with Crippen LogP contribution in [-0.4, -0.2) is 11.3 Å². The Morgan fingerprint density at radius 3 is 2.67 bits per heavy atom. The van der Waals surface area contributed by atoms with Crippen LogP contribution < -0.4 is 5.73 Å². The summed E-state index contributed by atoms with van der Waals surface area (Å²) in [6.45, 7) is 3.84. The number of hydrogen-bond acceptors (Lipinski definition) is 2. The van der Waals surface area contributed by atoms with Crippen molar-refractivity contribution in [2.45, 2.75) is 32.2 Å². The van der Waals surface area contributed by atoms with Crippen molar-refractivity contribution in [3.63, 3.8) is 0 Å². The molecule has 0 bridgehead atoms. The summed E-state index contributed by atoms with van der Waals surface area (Å²) in [4.78, 5) is 12.2. The highest BCUT2D eigenvalue weighted by molar-refractivity contribution is 6.03. The molecule has 80 valence electrons. The van der Waals surface area contributed by atoms with Crippen molar-refractivity contribution in [1.29, 1.82) is 0 Å². The van der Waals surface area contributed by atoms with Crippen molar-refractivity contribution in [1.82, 2.24) is 0 Å². The number of rotatable bonds is 3. The third-order valence-corrected chi connectivity index (χ3v) is 3.19. The van der Waals surface area contributed by atoms with Gasteiger partial charge in [0, 0.05) is 5.56 Å². The predicted octanol–water partition coefficient (Wildman–Crippen LogP) is 2.31. The van der Waals surface area contributed by atoms with E-state index < -0.39 is 5.54 Å². The van der Waals surface area contributed by atoms with Crippen LogP contribution in [0.4, 0.5) is 0 Å². The first-order valence-electron chi connectivity index (χ1n) is 5.42. The molecule has 1 atom stereocenters. The number of nitrogens with two attached hydrogens (primary N) is 1. The van der Waals surface area contributed by atoms with Crippen LogP contribution in [0.25, 0.3) is 0 Å². The Kier molecular flexibility index (Phi) is 2.39. The van der Waals surface area contributed by atoms with Crippen LogP contribution in [0.2, 0.25) is 0 Å². The van der Waals surface area contributed by atoms with E-state index in [1.54, 1.807) is 0 Å². The molecule has 15 heavy (non-hydrogen) atoms. The van der Waals surface area contributed by atoms with Gasteiger partial charge in [-0.2, -0.15) is 0 Å². The van der Waals surface area contributed by atoms with E-state index in [9.17, 15) is 4.79 Å². The molecule has 2 N–H and O–H groups in total. The van der Waals surface area contributed by atoms with Gasteiger partial charge in [-0.3, -0.25) is 4.79 Å². The Morgan fingerprint density at radius 2 is 2.13 bits per heavy atom. The van der Waals surface area contributed by atoms with Crippen LogP contribution in [0.5, 0.6) is 0 Å². The average molecular weight is 203 g/mol. The van der Waals surface area contributed by atoms with Gasteiger partial charge in [-0.1, -0.05) is 23.8 Å². The van der Waals surface area contributed by atoms with Crippen LogP contribution in [0, 0.1) is 12.8 Å². The molecule has 0 aromatic heterocycles. The molecule has 1 aromatic rings. The highest BCUT2D eigenvalue weighted by Crippen LogP contribution is 2.39. The molecule has 0 radical (unpaired) electrons. The Morgan fingerprint density at radius 1 is 1.47 bits per heavy atom. The van der Waals surface area contributed by atoms with Crippen molar-refractivity contribution in [3.8, 4) is 0 Å². The normalized spacial score (nSPS) is 19.7. The molecule has 1 unspecified atom stereocenters. The Bertz CT molecular complexity index is 391. The van der Waals surface area contributed by atoms with Gasteiger partial charge in [-0.15, -0.1) is 0 Å². The number of carbonyl (C=O) groups is 1. The molecule has 0 amide bonds. The first-order valence-corrected chi connectivity index (χ1v) is 5.42. The third kappa shape index (κ3) is 1.95. The molecule has 1 saturated carbocycles. The van der Waals surface area contributed by atoms with Gasteiger partial charge in [0.05, 0.1) is 5.54 Å². The van der Waals surface area contributed by atoms with Gasteiger partial charge >= 0.3 is 0 Å². The fraction of sp³-hybridized carbons (Fsp3) is 0.462. The summed E-state index contributed by atoms with van der Waals surface area (Å²) in [5.41, 5.74) is 7.27. The number of carbonyl (C=O) groups excluding carboxylic acids is 1. The van der Waals surface area contributed by atoms with E-state index in [4.69, 9.17) is 5.73 Å². The summed E-state index contributed by atoms with van der Waals surface area (Å²) in [6, 6.07) is 7.66. The van der Waals surface area contributed by atoms with Gasteiger partial charge in [-0.05, 0) is 38.7 Å². The summed E-state index contributed by atoms with van der Waals surface area (Å²) in [7, 11) is 0. The number of ketones is 1. The largest absolute Gasteiger partial charge is 0.319 e. The van der Waals surface area contributed by atoms with Crippen molar-refractivity contribution in [3.05, 3.63) is 35.4 Å². The zero-order valence-corrected chi connectivity index (χ0v) is 9.29. The minimum atomic E-state index is -0.673. The Balaban J connectivity index is 2.27. The van der Waals surface area contributed by atoms with E-state index >= 15 is 0 Å². The van der Waals surface area contributed by atoms with Gasteiger partial charge in [-0.25, -0.2) is 0 Å². The third-order valence-electron chi connectivity index (χ3n) is 3.19. The van der Waals surface area contributed by atoms with Gasteiger partial charge in [0.1, 0.15) is 0 Å². The molecule has 1 fully saturated rings. The lowest BCUT2D eigenvalue weighted by Crippen LogP contribution is -2.47. The summed E-state index contributed by atoms with van der Waals surface area (Å²) >= 11 is 0. The summed E-state index contributed by atoms with van der Waals surface area (Å²) in [5, 5.41) is 0. The molecule has 1 aliphatic carbocycles. The lowest BCUT2D eigenvalue weighted by Gasteiger charge is -2.22. The lowest BCUT2D eigenvalue weighted by molar-refractivity contribution is 0.0883. The molecule has 1 aliphatic rings. The fourth-order valence-electron chi connectivity index (χ4n) is 1.97. The van der Waals surface area contributed by atoms with E-state index in [0.717, 1.165) is 24.0 Å². The smallest absolute Gasteiger partial charge is 0.182 e. The SMILES string of the molecule is Cc1cccc(C(=O)C(C)(N)C2CC2)c1. The molecule has 1 aromatic carbocycles. The molecule has 0 saturated heterocycles. The molecular weight excluding hydrogens is 186 g/mol. The lowest BCUT2D eigenvalue weighted by atomic mass is 9.87. The van der Waals surface area contributed by atoms with Crippen LogP contribution in [0.3, 0.4) is 0 Å². The molecule has 2 nitrogen and oxygen atoms in total. The topological polar surface area (TPSA) is 43.1 Å². The zero-order chi connectivity index (χ0) is 11.1. The second kappa shape index (κ2) is 3.46. The van der Waals surface area contributed by atoms with Crippen LogP contribution in [0.15, 0.2) is 24.3 Å². The maximum Gasteiger partial charge on any atom is 0.182 e. The van der Waals surface area contributed by atoms with Crippen molar-refractivity contribution in [2.75, 3.05) is 0 Å². The van der Waals surface area contributed by atoms with Crippen LogP contribution in [-0.2, 0) is 0 Å². The van der Waals surface area contributed by atoms with Crippen molar-refractivity contribution >= 4 is 5.78 Å². The molecular formula is C13H17NO. The first kappa shape index (κ1) is 10.4. The minimum absolute atomic E-state index is 0.0775.